The van der Waals surface area contributed by atoms with Gasteiger partial charge in [-0.25, -0.2) is 15.0 Å². The Balaban J connectivity index is 1.03. The summed E-state index contributed by atoms with van der Waals surface area (Å²) in [6.07, 6.45) is 3.41. The number of rotatable bonds is 9. The predicted molar refractivity (Wildman–Crippen MR) is 194 cm³/mol. The highest BCUT2D eigenvalue weighted by Crippen LogP contribution is 2.33. The minimum absolute atomic E-state index is 0.173. The van der Waals surface area contributed by atoms with E-state index in [-0.39, 0.29) is 5.91 Å². The number of aromatic nitrogens is 3. The summed E-state index contributed by atoms with van der Waals surface area (Å²) >= 11 is 1.65. The van der Waals surface area contributed by atoms with Crippen molar-refractivity contribution in [2.45, 2.75) is 6.92 Å². The van der Waals surface area contributed by atoms with E-state index in [1.54, 1.807) is 23.7 Å². The van der Waals surface area contributed by atoms with Crippen LogP contribution < -0.4 is 20.3 Å². The number of pyridine rings is 1. The number of carbonyl (C=O) groups is 1. The summed E-state index contributed by atoms with van der Waals surface area (Å²) in [5, 5.41) is 8.37. The average molecular weight is 654 g/mol. The fourth-order valence-electron chi connectivity index (χ4n) is 5.59. The summed E-state index contributed by atoms with van der Waals surface area (Å²) in [5.74, 6) is 1.35. The normalized spacial score (nSPS) is 13.2. The molecule has 1 amide bonds. The van der Waals surface area contributed by atoms with E-state index in [0.29, 0.717) is 34.5 Å². The van der Waals surface area contributed by atoms with Crippen molar-refractivity contribution >= 4 is 40.3 Å². The van der Waals surface area contributed by atoms with Crippen molar-refractivity contribution in [3.8, 4) is 33.3 Å². The maximum Gasteiger partial charge on any atom is 0.255 e. The van der Waals surface area contributed by atoms with Crippen molar-refractivity contribution in [2.24, 2.45) is 0 Å². The lowest BCUT2D eigenvalue weighted by atomic mass is 10.1. The molecule has 1 aliphatic heterocycles. The molecule has 2 N–H and O–H groups in total. The maximum absolute atomic E-state index is 13.1. The highest BCUT2D eigenvalue weighted by molar-refractivity contribution is 7.13. The Morgan fingerprint density at radius 3 is 2.46 bits per heavy atom. The topological polar surface area (TPSA) is 95.5 Å². The van der Waals surface area contributed by atoms with Crippen molar-refractivity contribution in [1.29, 1.82) is 0 Å². The first-order chi connectivity index (χ1) is 23.5. The van der Waals surface area contributed by atoms with E-state index in [4.69, 9.17) is 9.72 Å². The quantitative estimate of drug-likeness (QED) is 0.162. The molecule has 0 bridgehead atoms. The average Bonchev–Trinajstić information content (AvgIpc) is 3.66. The molecule has 0 spiro atoms. The molecule has 1 fully saturated rings. The van der Waals surface area contributed by atoms with Gasteiger partial charge in [0.1, 0.15) is 5.75 Å². The SMILES string of the molecule is Cc1cc(NC(=O)c2cccc(-c3cccs3)c2)ccc1Oc1ncccc1-c1ccnc(Nc2ccc(N3CCN(C)CC3)cc2)n1. The fourth-order valence-corrected chi connectivity index (χ4v) is 6.31. The number of hydrogen-bond donors (Lipinski definition) is 2. The van der Waals surface area contributed by atoms with Crippen LogP contribution in [0.4, 0.5) is 23.0 Å². The number of nitrogens with zero attached hydrogens (tertiary/aromatic N) is 5. The van der Waals surface area contributed by atoms with Crippen molar-refractivity contribution in [3.63, 3.8) is 0 Å². The second-order valence-electron chi connectivity index (χ2n) is 11.7. The Kier molecular flexibility index (Phi) is 9.08. The van der Waals surface area contributed by atoms with Gasteiger partial charge >= 0.3 is 0 Å². The number of aryl methyl sites for hydroxylation is 1. The van der Waals surface area contributed by atoms with Crippen LogP contribution in [0.25, 0.3) is 21.7 Å². The molecule has 0 radical (unpaired) electrons. The number of thiophene rings is 1. The zero-order valence-electron chi connectivity index (χ0n) is 26.8. The number of likely N-dealkylation sites (N-methyl/N-ethyl adjacent to an activating group) is 1. The van der Waals surface area contributed by atoms with Crippen LogP contribution in [0.2, 0.25) is 0 Å². The molecule has 1 saturated heterocycles. The summed E-state index contributed by atoms with van der Waals surface area (Å²) in [5.41, 5.74) is 6.67. The highest BCUT2D eigenvalue weighted by atomic mass is 32.1. The van der Waals surface area contributed by atoms with Gasteiger partial charge in [0.25, 0.3) is 5.91 Å². The van der Waals surface area contributed by atoms with Gasteiger partial charge < -0.3 is 25.2 Å². The number of hydrogen-bond acceptors (Lipinski definition) is 9. The molecular formula is C38H35N7O2S. The summed E-state index contributed by atoms with van der Waals surface area (Å²) in [7, 11) is 2.16. The molecule has 3 aromatic heterocycles. The van der Waals surface area contributed by atoms with E-state index >= 15 is 0 Å². The minimum Gasteiger partial charge on any atom is -0.438 e. The Labute approximate surface area is 283 Å². The van der Waals surface area contributed by atoms with Gasteiger partial charge in [-0.3, -0.25) is 4.79 Å². The number of nitrogens with one attached hydrogen (secondary N) is 2. The van der Waals surface area contributed by atoms with Gasteiger partial charge in [-0.05, 0) is 109 Å². The lowest BCUT2D eigenvalue weighted by Gasteiger charge is -2.34. The van der Waals surface area contributed by atoms with Crippen molar-refractivity contribution < 1.29 is 9.53 Å². The first kappa shape index (κ1) is 31.0. The lowest BCUT2D eigenvalue weighted by Crippen LogP contribution is -2.44. The monoisotopic (exact) mass is 653 g/mol. The van der Waals surface area contributed by atoms with Crippen LogP contribution in [0.3, 0.4) is 0 Å². The molecule has 0 aliphatic carbocycles. The molecule has 0 atom stereocenters. The van der Waals surface area contributed by atoms with Gasteiger partial charge in [0.2, 0.25) is 11.8 Å². The van der Waals surface area contributed by atoms with Crippen LogP contribution in [-0.2, 0) is 0 Å². The number of benzene rings is 3. The summed E-state index contributed by atoms with van der Waals surface area (Å²) in [4.78, 5) is 32.7. The van der Waals surface area contributed by atoms with Crippen LogP contribution in [-0.4, -0.2) is 59.0 Å². The Bertz CT molecular complexity index is 2020. The molecular weight excluding hydrogens is 619 g/mol. The smallest absolute Gasteiger partial charge is 0.255 e. The Hall–Kier alpha value is -5.58. The standard InChI is InChI=1S/C38H35N7O2S/c1-26-24-30(41-36(46)28-7-3-6-27(25-28)35-9-5-23-48-35)12-15-34(26)47-37-32(8-4-17-39-37)33-16-18-40-38(43-33)42-29-10-13-31(14-11-29)45-21-19-44(2)20-22-45/h3-18,23-25H,19-22H2,1-2H3,(H,41,46)(H,40,42,43). The predicted octanol–water partition coefficient (Wildman–Crippen LogP) is 8.12. The van der Waals surface area contributed by atoms with E-state index in [2.05, 4.69) is 61.7 Å². The number of ether oxygens (including phenoxy) is 1. The molecule has 7 rings (SSSR count). The summed E-state index contributed by atoms with van der Waals surface area (Å²) < 4.78 is 6.32. The second kappa shape index (κ2) is 14.0. The van der Waals surface area contributed by atoms with Crippen LogP contribution in [0.5, 0.6) is 11.6 Å². The molecule has 4 heterocycles. The van der Waals surface area contributed by atoms with Gasteiger partial charge in [0.05, 0.1) is 11.3 Å². The zero-order chi connectivity index (χ0) is 32.9. The molecule has 0 unspecified atom stereocenters. The first-order valence-electron chi connectivity index (χ1n) is 15.8. The third-order valence-electron chi connectivity index (χ3n) is 8.26. The van der Waals surface area contributed by atoms with Crippen LogP contribution >= 0.6 is 11.3 Å². The Morgan fingerprint density at radius 2 is 1.67 bits per heavy atom. The van der Waals surface area contributed by atoms with E-state index in [1.807, 2.05) is 85.1 Å². The van der Waals surface area contributed by atoms with Gasteiger partial charge in [-0.1, -0.05) is 18.2 Å². The van der Waals surface area contributed by atoms with Crippen LogP contribution in [0.1, 0.15) is 15.9 Å². The first-order valence-corrected chi connectivity index (χ1v) is 16.7. The van der Waals surface area contributed by atoms with Crippen molar-refractivity contribution in [2.75, 3.05) is 48.8 Å². The Morgan fingerprint density at radius 1 is 0.833 bits per heavy atom. The maximum atomic E-state index is 13.1. The van der Waals surface area contributed by atoms with Gasteiger partial charge in [0, 0.05) is 66.1 Å². The summed E-state index contributed by atoms with van der Waals surface area (Å²) in [6, 6.07) is 31.2. The number of anilines is 4. The number of piperazine rings is 1. The van der Waals surface area contributed by atoms with Gasteiger partial charge in [-0.15, -0.1) is 11.3 Å². The zero-order valence-corrected chi connectivity index (χ0v) is 27.6. The lowest BCUT2D eigenvalue weighted by molar-refractivity contribution is 0.102. The molecule has 6 aromatic rings. The van der Waals surface area contributed by atoms with Gasteiger partial charge in [0.15, 0.2) is 0 Å². The van der Waals surface area contributed by atoms with E-state index in [1.165, 1.54) is 5.69 Å². The molecule has 3 aromatic carbocycles. The largest absolute Gasteiger partial charge is 0.438 e. The van der Waals surface area contributed by atoms with Crippen LogP contribution in [0.15, 0.2) is 115 Å². The van der Waals surface area contributed by atoms with Gasteiger partial charge in [-0.2, -0.15) is 0 Å². The molecule has 48 heavy (non-hydrogen) atoms. The molecule has 0 saturated carbocycles. The minimum atomic E-state index is -0.173. The van der Waals surface area contributed by atoms with Crippen molar-refractivity contribution in [1.82, 2.24) is 19.9 Å². The van der Waals surface area contributed by atoms with Crippen molar-refractivity contribution in [3.05, 3.63) is 126 Å². The highest BCUT2D eigenvalue weighted by Gasteiger charge is 2.16. The van der Waals surface area contributed by atoms with E-state index in [9.17, 15) is 4.79 Å². The van der Waals surface area contributed by atoms with E-state index < -0.39 is 0 Å². The number of carbonyl (C=O) groups excluding carboxylic acids is 1. The fraction of sp³-hybridized carbons (Fsp3) is 0.158. The molecule has 1 aliphatic rings. The summed E-state index contributed by atoms with van der Waals surface area (Å²) in [6.45, 7) is 6.12. The third-order valence-corrected chi connectivity index (χ3v) is 9.18. The molecule has 240 valence electrons. The van der Waals surface area contributed by atoms with E-state index in [0.717, 1.165) is 53.4 Å². The molecule has 9 nitrogen and oxygen atoms in total. The molecule has 10 heteroatoms. The third kappa shape index (κ3) is 7.20. The van der Waals surface area contributed by atoms with Crippen LogP contribution in [0, 0.1) is 6.92 Å². The number of amides is 1. The second-order valence-corrected chi connectivity index (χ2v) is 12.6.